The van der Waals surface area contributed by atoms with Crippen LogP contribution in [-0.2, 0) is 6.54 Å². The van der Waals surface area contributed by atoms with Gasteiger partial charge >= 0.3 is 0 Å². The first kappa shape index (κ1) is 13.0. The number of nitrogens with two attached hydrogens (primary N) is 1. The van der Waals surface area contributed by atoms with Gasteiger partial charge in [-0.3, -0.25) is 0 Å². The van der Waals surface area contributed by atoms with Crippen LogP contribution in [0.2, 0.25) is 0 Å². The molecule has 2 N–H and O–H groups in total. The molecule has 0 aliphatic heterocycles. The quantitative estimate of drug-likeness (QED) is 0.805. The van der Waals surface area contributed by atoms with E-state index < -0.39 is 0 Å². The maximum Gasteiger partial charge on any atom is 0.125 e. The standard InChI is InChI=1S/C13H21FN2/c1-3-5-16(6-4-2)13-8-11(10-15)7-12(14)9-13/h7-9H,3-6,10,15H2,1-2H3. The van der Waals surface area contributed by atoms with Crippen molar-refractivity contribution in [3.8, 4) is 0 Å². The Labute approximate surface area is 97.3 Å². The third-order valence-corrected chi connectivity index (χ3v) is 2.53. The van der Waals surface area contributed by atoms with Crippen LogP contribution in [0.1, 0.15) is 32.3 Å². The van der Waals surface area contributed by atoms with E-state index >= 15 is 0 Å². The summed E-state index contributed by atoms with van der Waals surface area (Å²) in [4.78, 5) is 2.21. The Hall–Kier alpha value is -1.09. The number of rotatable bonds is 6. The number of anilines is 1. The highest BCUT2D eigenvalue weighted by molar-refractivity contribution is 5.49. The van der Waals surface area contributed by atoms with Gasteiger partial charge in [-0.1, -0.05) is 13.8 Å². The van der Waals surface area contributed by atoms with Gasteiger partial charge in [-0.25, -0.2) is 4.39 Å². The van der Waals surface area contributed by atoms with Crippen molar-refractivity contribution in [2.75, 3.05) is 18.0 Å². The van der Waals surface area contributed by atoms with Gasteiger partial charge in [0.05, 0.1) is 0 Å². The largest absolute Gasteiger partial charge is 0.371 e. The molecular weight excluding hydrogens is 203 g/mol. The van der Waals surface area contributed by atoms with Crippen molar-refractivity contribution in [2.24, 2.45) is 5.73 Å². The molecule has 3 heteroatoms. The smallest absolute Gasteiger partial charge is 0.125 e. The minimum atomic E-state index is -0.199. The zero-order valence-electron chi connectivity index (χ0n) is 10.2. The average Bonchev–Trinajstić information content (AvgIpc) is 2.28. The fourth-order valence-corrected chi connectivity index (χ4v) is 1.84. The van der Waals surface area contributed by atoms with Crippen LogP contribution >= 0.6 is 0 Å². The van der Waals surface area contributed by atoms with Crippen molar-refractivity contribution in [3.05, 3.63) is 29.6 Å². The second kappa shape index (κ2) is 6.48. The highest BCUT2D eigenvalue weighted by atomic mass is 19.1. The zero-order chi connectivity index (χ0) is 12.0. The first-order chi connectivity index (χ1) is 7.71. The predicted octanol–water partition coefficient (Wildman–Crippen LogP) is 2.91. The molecule has 1 rings (SSSR count). The van der Waals surface area contributed by atoms with E-state index in [1.165, 1.54) is 6.07 Å². The summed E-state index contributed by atoms with van der Waals surface area (Å²) in [6.45, 7) is 6.57. The van der Waals surface area contributed by atoms with Crippen molar-refractivity contribution in [1.82, 2.24) is 0 Å². The zero-order valence-corrected chi connectivity index (χ0v) is 10.2. The fraction of sp³-hybridized carbons (Fsp3) is 0.538. The van der Waals surface area contributed by atoms with Crippen molar-refractivity contribution in [2.45, 2.75) is 33.2 Å². The maximum atomic E-state index is 13.4. The van der Waals surface area contributed by atoms with Crippen molar-refractivity contribution in [1.29, 1.82) is 0 Å². The summed E-state index contributed by atoms with van der Waals surface area (Å²) < 4.78 is 13.4. The Kier molecular flexibility index (Phi) is 5.26. The van der Waals surface area contributed by atoms with Crippen molar-refractivity contribution >= 4 is 5.69 Å². The molecule has 1 aromatic rings. The molecule has 0 aliphatic rings. The van der Waals surface area contributed by atoms with Gasteiger partial charge in [-0.05, 0) is 36.6 Å². The van der Waals surface area contributed by atoms with Crippen LogP contribution < -0.4 is 10.6 Å². The van der Waals surface area contributed by atoms with Gasteiger partial charge in [0, 0.05) is 25.3 Å². The van der Waals surface area contributed by atoms with Crippen LogP contribution in [0.3, 0.4) is 0 Å². The lowest BCUT2D eigenvalue weighted by Gasteiger charge is -2.24. The molecule has 0 unspecified atom stereocenters. The molecule has 90 valence electrons. The van der Waals surface area contributed by atoms with E-state index in [0.29, 0.717) is 6.54 Å². The van der Waals surface area contributed by atoms with Crippen LogP contribution in [-0.4, -0.2) is 13.1 Å². The van der Waals surface area contributed by atoms with Gasteiger partial charge in [0.1, 0.15) is 5.82 Å². The molecule has 0 saturated carbocycles. The summed E-state index contributed by atoms with van der Waals surface area (Å²) in [6, 6.07) is 5.07. The van der Waals surface area contributed by atoms with Gasteiger partial charge in [0.15, 0.2) is 0 Å². The number of hydrogen-bond donors (Lipinski definition) is 1. The minimum absolute atomic E-state index is 0.199. The number of hydrogen-bond acceptors (Lipinski definition) is 2. The van der Waals surface area contributed by atoms with Crippen LogP contribution in [0.4, 0.5) is 10.1 Å². The summed E-state index contributed by atoms with van der Waals surface area (Å²) in [5.74, 6) is -0.199. The van der Waals surface area contributed by atoms with E-state index in [-0.39, 0.29) is 5.82 Å². The van der Waals surface area contributed by atoms with Crippen LogP contribution in [0, 0.1) is 5.82 Å². The molecule has 0 heterocycles. The summed E-state index contributed by atoms with van der Waals surface area (Å²) in [7, 11) is 0. The Morgan fingerprint density at radius 1 is 1.12 bits per heavy atom. The maximum absolute atomic E-state index is 13.4. The molecule has 0 aliphatic carbocycles. The summed E-state index contributed by atoms with van der Waals surface area (Å²) in [6.07, 6.45) is 2.13. The van der Waals surface area contributed by atoms with Crippen molar-refractivity contribution in [3.63, 3.8) is 0 Å². The molecule has 0 fully saturated rings. The Bertz CT molecular complexity index is 320. The highest BCUT2D eigenvalue weighted by Gasteiger charge is 2.07. The molecule has 0 spiro atoms. The average molecular weight is 224 g/mol. The number of halogens is 1. The first-order valence-electron chi connectivity index (χ1n) is 5.95. The second-order valence-corrected chi connectivity index (χ2v) is 4.01. The lowest BCUT2D eigenvalue weighted by atomic mass is 10.1. The minimum Gasteiger partial charge on any atom is -0.371 e. The summed E-state index contributed by atoms with van der Waals surface area (Å²) >= 11 is 0. The van der Waals surface area contributed by atoms with Crippen LogP contribution in [0.5, 0.6) is 0 Å². The number of benzene rings is 1. The van der Waals surface area contributed by atoms with Gasteiger partial charge < -0.3 is 10.6 Å². The van der Waals surface area contributed by atoms with E-state index in [2.05, 4.69) is 18.7 Å². The third-order valence-electron chi connectivity index (χ3n) is 2.53. The molecule has 2 nitrogen and oxygen atoms in total. The van der Waals surface area contributed by atoms with Gasteiger partial charge in [0.2, 0.25) is 0 Å². The highest BCUT2D eigenvalue weighted by Crippen LogP contribution is 2.19. The monoisotopic (exact) mass is 224 g/mol. The van der Waals surface area contributed by atoms with E-state index in [1.807, 2.05) is 6.07 Å². The molecule has 0 radical (unpaired) electrons. The molecule has 0 atom stereocenters. The van der Waals surface area contributed by atoms with E-state index in [4.69, 9.17) is 5.73 Å². The third kappa shape index (κ3) is 3.49. The molecule has 0 aromatic heterocycles. The fourth-order valence-electron chi connectivity index (χ4n) is 1.84. The van der Waals surface area contributed by atoms with Gasteiger partial charge in [-0.15, -0.1) is 0 Å². The molecule has 0 saturated heterocycles. The van der Waals surface area contributed by atoms with Gasteiger partial charge in [-0.2, -0.15) is 0 Å². The van der Waals surface area contributed by atoms with Crippen LogP contribution in [0.25, 0.3) is 0 Å². The van der Waals surface area contributed by atoms with Crippen molar-refractivity contribution < 1.29 is 4.39 Å². The first-order valence-corrected chi connectivity index (χ1v) is 5.95. The molecule has 0 amide bonds. The summed E-state index contributed by atoms with van der Waals surface area (Å²) in [5, 5.41) is 0. The molecule has 16 heavy (non-hydrogen) atoms. The topological polar surface area (TPSA) is 29.3 Å². The summed E-state index contributed by atoms with van der Waals surface area (Å²) in [5.41, 5.74) is 7.35. The van der Waals surface area contributed by atoms with E-state index in [0.717, 1.165) is 37.2 Å². The van der Waals surface area contributed by atoms with E-state index in [9.17, 15) is 4.39 Å². The van der Waals surface area contributed by atoms with E-state index in [1.54, 1.807) is 6.07 Å². The normalized spacial score (nSPS) is 10.5. The van der Waals surface area contributed by atoms with Crippen LogP contribution in [0.15, 0.2) is 18.2 Å². The SMILES string of the molecule is CCCN(CCC)c1cc(F)cc(CN)c1. The second-order valence-electron chi connectivity index (χ2n) is 4.01. The Balaban J connectivity index is 2.93. The number of nitrogens with zero attached hydrogens (tertiary/aromatic N) is 1. The molecular formula is C13H21FN2. The predicted molar refractivity (Wildman–Crippen MR) is 67.1 cm³/mol. The molecule has 0 bridgehead atoms. The lowest BCUT2D eigenvalue weighted by molar-refractivity contribution is 0.623. The Morgan fingerprint density at radius 2 is 1.75 bits per heavy atom. The van der Waals surface area contributed by atoms with Gasteiger partial charge in [0.25, 0.3) is 0 Å². The molecule has 1 aromatic carbocycles. The Morgan fingerprint density at radius 3 is 2.25 bits per heavy atom. The lowest BCUT2D eigenvalue weighted by Crippen LogP contribution is -2.25.